The van der Waals surface area contributed by atoms with Crippen LogP contribution in [-0.4, -0.2) is 55.4 Å². The number of sulfone groups is 1. The van der Waals surface area contributed by atoms with Gasteiger partial charge in [0.25, 0.3) is 0 Å². The fraction of sp³-hybridized carbons (Fsp3) is 1.00. The molecule has 0 amide bonds. The maximum Gasteiger partial charge on any atom is 0.148 e. The highest BCUT2D eigenvalue weighted by molar-refractivity contribution is 7.90. The molecule has 0 aliphatic rings. The standard InChI is InChI=1S/C8H19NO4S/c1-7(4-14(3,12)13)9-8(2,5-10)6-11/h7,9-11H,4-6H2,1-3H3. The van der Waals surface area contributed by atoms with Crippen LogP contribution in [0.1, 0.15) is 13.8 Å². The fourth-order valence-corrected chi connectivity index (χ4v) is 2.22. The highest BCUT2D eigenvalue weighted by Crippen LogP contribution is 2.03. The normalized spacial score (nSPS) is 15.5. The van der Waals surface area contributed by atoms with Crippen LogP contribution in [0.2, 0.25) is 0 Å². The van der Waals surface area contributed by atoms with Gasteiger partial charge in [0.05, 0.1) is 24.5 Å². The Bertz CT molecular complexity index is 259. The van der Waals surface area contributed by atoms with Crippen LogP contribution >= 0.6 is 0 Å². The minimum absolute atomic E-state index is 0.0113. The van der Waals surface area contributed by atoms with Crippen LogP contribution < -0.4 is 5.32 Å². The summed E-state index contributed by atoms with van der Waals surface area (Å²) in [5.74, 6) is -0.0113. The quantitative estimate of drug-likeness (QED) is 0.526. The Morgan fingerprint density at radius 3 is 2.07 bits per heavy atom. The van der Waals surface area contributed by atoms with E-state index in [1.54, 1.807) is 13.8 Å². The molecule has 0 rings (SSSR count). The molecule has 0 aromatic rings. The zero-order valence-electron chi connectivity index (χ0n) is 8.82. The number of aliphatic hydroxyl groups is 2. The van der Waals surface area contributed by atoms with Gasteiger partial charge in [-0.2, -0.15) is 0 Å². The molecule has 5 nitrogen and oxygen atoms in total. The number of nitrogens with one attached hydrogen (secondary N) is 1. The minimum atomic E-state index is -3.04. The fourth-order valence-electron chi connectivity index (χ4n) is 1.23. The average Bonchev–Trinajstić information content (AvgIpc) is 2.00. The summed E-state index contributed by atoms with van der Waals surface area (Å²) in [6, 6.07) is -0.297. The van der Waals surface area contributed by atoms with Gasteiger partial charge in [0.2, 0.25) is 0 Å². The van der Waals surface area contributed by atoms with E-state index in [4.69, 9.17) is 10.2 Å². The number of aliphatic hydroxyl groups excluding tert-OH is 2. The van der Waals surface area contributed by atoms with Crippen molar-refractivity contribution in [3.63, 3.8) is 0 Å². The molecule has 0 aromatic carbocycles. The predicted molar refractivity (Wildman–Crippen MR) is 54.9 cm³/mol. The summed E-state index contributed by atoms with van der Waals surface area (Å²) in [5.41, 5.74) is -0.829. The molecule has 0 spiro atoms. The zero-order valence-corrected chi connectivity index (χ0v) is 9.63. The average molecular weight is 225 g/mol. The van der Waals surface area contributed by atoms with Crippen LogP contribution in [0.3, 0.4) is 0 Å². The first-order valence-electron chi connectivity index (χ1n) is 4.39. The maximum atomic E-state index is 10.9. The van der Waals surface area contributed by atoms with Crippen molar-refractivity contribution >= 4 is 9.84 Å². The number of hydrogen-bond donors (Lipinski definition) is 3. The van der Waals surface area contributed by atoms with E-state index in [-0.39, 0.29) is 25.0 Å². The largest absolute Gasteiger partial charge is 0.394 e. The van der Waals surface area contributed by atoms with Crippen LogP contribution in [-0.2, 0) is 9.84 Å². The van der Waals surface area contributed by atoms with Crippen LogP contribution in [0.5, 0.6) is 0 Å². The van der Waals surface area contributed by atoms with Crippen LogP contribution in [0.4, 0.5) is 0 Å². The predicted octanol–water partition coefficient (Wildman–Crippen LogP) is -1.25. The highest BCUT2D eigenvalue weighted by Gasteiger charge is 2.25. The molecule has 14 heavy (non-hydrogen) atoms. The van der Waals surface area contributed by atoms with Gasteiger partial charge >= 0.3 is 0 Å². The van der Waals surface area contributed by atoms with Gasteiger partial charge < -0.3 is 15.5 Å². The van der Waals surface area contributed by atoms with E-state index in [1.165, 1.54) is 0 Å². The third-order valence-electron chi connectivity index (χ3n) is 1.85. The smallest absolute Gasteiger partial charge is 0.148 e. The molecule has 0 saturated heterocycles. The molecule has 0 radical (unpaired) electrons. The molecule has 0 bridgehead atoms. The first-order chi connectivity index (χ1) is 6.22. The Balaban J connectivity index is 4.24. The molecule has 0 fully saturated rings. The van der Waals surface area contributed by atoms with E-state index >= 15 is 0 Å². The van der Waals surface area contributed by atoms with Crippen molar-refractivity contribution in [1.29, 1.82) is 0 Å². The summed E-state index contributed by atoms with van der Waals surface area (Å²) < 4.78 is 21.9. The van der Waals surface area contributed by atoms with E-state index in [1.807, 2.05) is 0 Å². The second-order valence-corrected chi connectivity index (χ2v) is 6.20. The first-order valence-corrected chi connectivity index (χ1v) is 6.45. The molecular formula is C8H19NO4S. The van der Waals surface area contributed by atoms with E-state index in [0.29, 0.717) is 0 Å². The molecule has 0 heterocycles. The van der Waals surface area contributed by atoms with Crippen LogP contribution in [0.15, 0.2) is 0 Å². The van der Waals surface area contributed by atoms with Crippen molar-refractivity contribution in [2.45, 2.75) is 25.4 Å². The Labute approximate surface area is 85.1 Å². The van der Waals surface area contributed by atoms with Gasteiger partial charge in [-0.15, -0.1) is 0 Å². The van der Waals surface area contributed by atoms with Gasteiger partial charge in [-0.05, 0) is 13.8 Å². The van der Waals surface area contributed by atoms with Gasteiger partial charge in [0, 0.05) is 12.3 Å². The molecule has 0 aliphatic heterocycles. The Hall–Kier alpha value is -0.170. The summed E-state index contributed by atoms with van der Waals surface area (Å²) in [4.78, 5) is 0. The monoisotopic (exact) mass is 225 g/mol. The van der Waals surface area contributed by atoms with Crippen molar-refractivity contribution in [1.82, 2.24) is 5.32 Å². The molecule has 3 N–H and O–H groups in total. The molecule has 86 valence electrons. The van der Waals surface area contributed by atoms with E-state index in [0.717, 1.165) is 6.26 Å². The molecule has 1 atom stereocenters. The summed E-state index contributed by atoms with van der Waals surface area (Å²) in [6.45, 7) is 2.85. The summed E-state index contributed by atoms with van der Waals surface area (Å²) >= 11 is 0. The van der Waals surface area contributed by atoms with Crippen molar-refractivity contribution in [2.24, 2.45) is 0 Å². The number of rotatable bonds is 6. The third-order valence-corrected chi connectivity index (χ3v) is 2.95. The lowest BCUT2D eigenvalue weighted by atomic mass is 10.0. The summed E-state index contributed by atoms with van der Waals surface area (Å²) in [6.07, 6.45) is 1.15. The summed E-state index contributed by atoms with van der Waals surface area (Å²) in [7, 11) is -3.04. The van der Waals surface area contributed by atoms with Gasteiger partial charge in [-0.25, -0.2) is 8.42 Å². The maximum absolute atomic E-state index is 10.9. The van der Waals surface area contributed by atoms with Gasteiger partial charge in [0.1, 0.15) is 9.84 Å². The van der Waals surface area contributed by atoms with Gasteiger partial charge in [-0.3, -0.25) is 0 Å². The van der Waals surface area contributed by atoms with Gasteiger partial charge in [0.15, 0.2) is 0 Å². The highest BCUT2D eigenvalue weighted by atomic mass is 32.2. The zero-order chi connectivity index (χ0) is 11.4. The van der Waals surface area contributed by atoms with Crippen molar-refractivity contribution < 1.29 is 18.6 Å². The summed E-state index contributed by atoms with van der Waals surface area (Å²) in [5, 5.41) is 20.8. The molecule has 0 saturated carbocycles. The molecular weight excluding hydrogens is 206 g/mol. The van der Waals surface area contributed by atoms with E-state index in [2.05, 4.69) is 5.32 Å². The van der Waals surface area contributed by atoms with Crippen LogP contribution in [0.25, 0.3) is 0 Å². The molecule has 0 aliphatic carbocycles. The van der Waals surface area contributed by atoms with E-state index < -0.39 is 15.4 Å². The molecule has 6 heteroatoms. The van der Waals surface area contributed by atoms with E-state index in [9.17, 15) is 8.42 Å². The molecule has 0 aromatic heterocycles. The SMILES string of the molecule is CC(CS(C)(=O)=O)NC(C)(CO)CO. The lowest BCUT2D eigenvalue weighted by Gasteiger charge is -2.29. The van der Waals surface area contributed by atoms with Crippen molar-refractivity contribution in [3.8, 4) is 0 Å². The topological polar surface area (TPSA) is 86.6 Å². The van der Waals surface area contributed by atoms with Crippen LogP contribution in [0, 0.1) is 0 Å². The number of hydrogen-bond acceptors (Lipinski definition) is 5. The Morgan fingerprint density at radius 1 is 1.36 bits per heavy atom. The van der Waals surface area contributed by atoms with Crippen molar-refractivity contribution in [2.75, 3.05) is 25.2 Å². The Kier molecular flexibility index (Phi) is 5.00. The minimum Gasteiger partial charge on any atom is -0.394 e. The molecule has 1 unspecified atom stereocenters. The van der Waals surface area contributed by atoms with Crippen molar-refractivity contribution in [3.05, 3.63) is 0 Å². The second kappa shape index (κ2) is 5.06. The van der Waals surface area contributed by atoms with Gasteiger partial charge in [-0.1, -0.05) is 0 Å². The lowest BCUT2D eigenvalue weighted by Crippen LogP contribution is -2.54. The second-order valence-electron chi connectivity index (χ2n) is 4.01. The lowest BCUT2D eigenvalue weighted by molar-refractivity contribution is 0.0978. The third kappa shape index (κ3) is 5.54. The first kappa shape index (κ1) is 13.8. The Morgan fingerprint density at radius 2 is 1.79 bits per heavy atom.